The van der Waals surface area contributed by atoms with E-state index in [2.05, 4.69) is 16.9 Å². The smallest absolute Gasteiger partial charge is 0.274 e. The van der Waals surface area contributed by atoms with Gasteiger partial charge in [0.2, 0.25) is 0 Å². The van der Waals surface area contributed by atoms with Crippen LogP contribution in [0.25, 0.3) is 11.1 Å². The monoisotopic (exact) mass is 298 g/mol. The van der Waals surface area contributed by atoms with Gasteiger partial charge >= 0.3 is 0 Å². The molecule has 2 N–H and O–H groups in total. The van der Waals surface area contributed by atoms with E-state index in [0.29, 0.717) is 5.76 Å². The predicted molar refractivity (Wildman–Crippen MR) is 84.6 cm³/mol. The van der Waals surface area contributed by atoms with Crippen LogP contribution in [0.3, 0.4) is 0 Å². The molecule has 5 heteroatoms. The first-order valence-corrected chi connectivity index (χ1v) is 6.77. The second-order valence-electron chi connectivity index (χ2n) is 4.88. The van der Waals surface area contributed by atoms with Crippen molar-refractivity contribution >= 4 is 5.91 Å². The Balaban J connectivity index is 2.17. The van der Waals surface area contributed by atoms with Gasteiger partial charge in [-0.1, -0.05) is 36.4 Å². The Morgan fingerprint density at radius 3 is 2.59 bits per heavy atom. The maximum Gasteiger partial charge on any atom is 0.274 e. The molecular weight excluding hydrogens is 280 g/mol. The number of aromatic hydroxyl groups is 1. The van der Waals surface area contributed by atoms with Crippen LogP contribution in [-0.4, -0.2) is 29.7 Å². The SMILES string of the molecule is C=C(CNC(=O)c1ncc(-c2ccc(C)cc2)cc1O)OC. The van der Waals surface area contributed by atoms with Crippen LogP contribution in [0.2, 0.25) is 0 Å². The zero-order valence-electron chi connectivity index (χ0n) is 12.6. The Labute approximate surface area is 129 Å². The van der Waals surface area contributed by atoms with Crippen LogP contribution in [-0.2, 0) is 4.74 Å². The third kappa shape index (κ3) is 3.63. The van der Waals surface area contributed by atoms with Crippen LogP contribution in [0.5, 0.6) is 5.75 Å². The molecule has 0 saturated heterocycles. The second kappa shape index (κ2) is 6.76. The topological polar surface area (TPSA) is 71.5 Å². The number of nitrogens with one attached hydrogen (secondary N) is 1. The van der Waals surface area contributed by atoms with Gasteiger partial charge in [0.1, 0.15) is 11.5 Å². The van der Waals surface area contributed by atoms with Crippen molar-refractivity contribution in [2.24, 2.45) is 0 Å². The molecule has 0 aliphatic rings. The molecule has 1 heterocycles. The van der Waals surface area contributed by atoms with Gasteiger partial charge in [-0.25, -0.2) is 4.98 Å². The molecule has 0 spiro atoms. The summed E-state index contributed by atoms with van der Waals surface area (Å²) in [5.74, 6) is -0.228. The van der Waals surface area contributed by atoms with Gasteiger partial charge in [-0.05, 0) is 18.6 Å². The highest BCUT2D eigenvalue weighted by Crippen LogP contribution is 2.24. The lowest BCUT2D eigenvalue weighted by atomic mass is 10.1. The number of hydrogen-bond acceptors (Lipinski definition) is 4. The van der Waals surface area contributed by atoms with E-state index in [-0.39, 0.29) is 18.0 Å². The standard InChI is InChI=1S/C17H18N2O3/c1-11-4-6-13(7-5-11)14-8-15(20)16(18-10-14)17(21)19-9-12(2)22-3/h4-8,10,20H,2,9H2,1,3H3,(H,19,21). The van der Waals surface area contributed by atoms with Crippen molar-refractivity contribution in [3.05, 3.63) is 60.1 Å². The molecule has 114 valence electrons. The minimum atomic E-state index is -0.480. The van der Waals surface area contributed by atoms with Gasteiger partial charge < -0.3 is 15.2 Å². The van der Waals surface area contributed by atoms with E-state index >= 15 is 0 Å². The van der Waals surface area contributed by atoms with Gasteiger partial charge in [0.15, 0.2) is 5.69 Å². The lowest BCUT2D eigenvalue weighted by molar-refractivity contribution is 0.0942. The molecule has 22 heavy (non-hydrogen) atoms. The van der Waals surface area contributed by atoms with Gasteiger partial charge in [0.05, 0.1) is 13.7 Å². The molecule has 0 unspecified atom stereocenters. The Morgan fingerprint density at radius 1 is 1.32 bits per heavy atom. The molecule has 0 bridgehead atoms. The lowest BCUT2D eigenvalue weighted by Crippen LogP contribution is -2.26. The van der Waals surface area contributed by atoms with E-state index in [9.17, 15) is 9.90 Å². The maximum atomic E-state index is 11.9. The van der Waals surface area contributed by atoms with Crippen molar-refractivity contribution in [3.8, 4) is 16.9 Å². The molecule has 1 aromatic carbocycles. The van der Waals surface area contributed by atoms with Crippen LogP contribution in [0.15, 0.2) is 48.9 Å². The average molecular weight is 298 g/mol. The molecule has 0 aliphatic carbocycles. The van der Waals surface area contributed by atoms with Crippen molar-refractivity contribution in [1.82, 2.24) is 10.3 Å². The summed E-state index contributed by atoms with van der Waals surface area (Å²) in [7, 11) is 1.47. The highest BCUT2D eigenvalue weighted by atomic mass is 16.5. The minimum Gasteiger partial charge on any atom is -0.505 e. The third-order valence-electron chi connectivity index (χ3n) is 3.20. The Morgan fingerprint density at radius 2 is 2.00 bits per heavy atom. The summed E-state index contributed by atoms with van der Waals surface area (Å²) < 4.78 is 4.86. The number of rotatable bonds is 5. The number of methoxy groups -OCH3 is 1. The third-order valence-corrected chi connectivity index (χ3v) is 3.20. The van der Waals surface area contributed by atoms with Gasteiger partial charge in [-0.15, -0.1) is 0 Å². The predicted octanol–water partition coefficient (Wildman–Crippen LogP) is 2.65. The van der Waals surface area contributed by atoms with Gasteiger partial charge in [-0.3, -0.25) is 4.79 Å². The van der Waals surface area contributed by atoms with E-state index < -0.39 is 5.91 Å². The fourth-order valence-electron chi connectivity index (χ4n) is 1.87. The first-order valence-electron chi connectivity index (χ1n) is 6.77. The molecular formula is C17H18N2O3. The fourth-order valence-corrected chi connectivity index (χ4v) is 1.87. The molecule has 1 aromatic heterocycles. The molecule has 2 aromatic rings. The number of carbonyl (C=O) groups excluding carboxylic acids is 1. The van der Waals surface area contributed by atoms with Crippen LogP contribution in [0.1, 0.15) is 16.1 Å². The quantitative estimate of drug-likeness (QED) is 0.832. The Hall–Kier alpha value is -2.82. The van der Waals surface area contributed by atoms with Crippen LogP contribution in [0, 0.1) is 6.92 Å². The molecule has 0 aliphatic heterocycles. The number of aromatic nitrogens is 1. The molecule has 0 atom stereocenters. The Bertz CT molecular complexity index is 694. The van der Waals surface area contributed by atoms with Crippen LogP contribution < -0.4 is 5.32 Å². The van der Waals surface area contributed by atoms with Crippen molar-refractivity contribution in [3.63, 3.8) is 0 Å². The summed E-state index contributed by atoms with van der Waals surface area (Å²) in [6.07, 6.45) is 1.56. The number of amides is 1. The number of benzene rings is 1. The highest BCUT2D eigenvalue weighted by Gasteiger charge is 2.14. The van der Waals surface area contributed by atoms with E-state index in [0.717, 1.165) is 16.7 Å². The number of pyridine rings is 1. The first-order chi connectivity index (χ1) is 10.5. The Kier molecular flexibility index (Phi) is 4.78. The zero-order valence-corrected chi connectivity index (χ0v) is 12.6. The number of nitrogens with zero attached hydrogens (tertiary/aromatic N) is 1. The van der Waals surface area contributed by atoms with Gasteiger partial charge in [-0.2, -0.15) is 0 Å². The van der Waals surface area contributed by atoms with Gasteiger partial charge in [0.25, 0.3) is 5.91 Å². The molecule has 1 amide bonds. The minimum absolute atomic E-state index is 0.0280. The lowest BCUT2D eigenvalue weighted by Gasteiger charge is -2.09. The highest BCUT2D eigenvalue weighted by molar-refractivity contribution is 5.95. The molecule has 0 saturated carbocycles. The van der Waals surface area contributed by atoms with Crippen molar-refractivity contribution in [2.45, 2.75) is 6.92 Å². The number of hydrogen-bond donors (Lipinski definition) is 2. The summed E-state index contributed by atoms with van der Waals surface area (Å²) in [5.41, 5.74) is 2.79. The number of carbonyl (C=O) groups is 1. The van der Waals surface area contributed by atoms with Gasteiger partial charge in [0, 0.05) is 11.8 Å². The van der Waals surface area contributed by atoms with E-state index in [4.69, 9.17) is 4.74 Å². The summed E-state index contributed by atoms with van der Waals surface area (Å²) >= 11 is 0. The first kappa shape index (κ1) is 15.6. The van der Waals surface area contributed by atoms with Crippen LogP contribution in [0.4, 0.5) is 0 Å². The number of ether oxygens (including phenoxy) is 1. The van der Waals surface area contributed by atoms with E-state index in [1.165, 1.54) is 13.2 Å². The maximum absolute atomic E-state index is 11.9. The molecule has 2 rings (SSSR count). The second-order valence-corrected chi connectivity index (χ2v) is 4.88. The summed E-state index contributed by atoms with van der Waals surface area (Å²) in [4.78, 5) is 16.0. The normalized spacial score (nSPS) is 10.1. The molecule has 5 nitrogen and oxygen atoms in total. The van der Waals surface area contributed by atoms with E-state index in [1.54, 1.807) is 6.20 Å². The van der Waals surface area contributed by atoms with Crippen molar-refractivity contribution in [2.75, 3.05) is 13.7 Å². The van der Waals surface area contributed by atoms with Crippen molar-refractivity contribution in [1.29, 1.82) is 0 Å². The zero-order chi connectivity index (χ0) is 16.1. The van der Waals surface area contributed by atoms with Crippen LogP contribution >= 0.6 is 0 Å². The fraction of sp³-hybridized carbons (Fsp3) is 0.176. The number of aryl methyl sites for hydroxylation is 1. The summed E-state index contributed by atoms with van der Waals surface area (Å²) in [5, 5.41) is 12.6. The molecule has 0 fully saturated rings. The summed E-state index contributed by atoms with van der Waals surface area (Å²) in [6, 6.07) is 9.35. The molecule has 0 radical (unpaired) electrons. The van der Waals surface area contributed by atoms with Crippen molar-refractivity contribution < 1.29 is 14.6 Å². The largest absolute Gasteiger partial charge is 0.505 e. The summed E-state index contributed by atoms with van der Waals surface area (Å²) in [6.45, 7) is 5.77. The average Bonchev–Trinajstić information content (AvgIpc) is 2.52. The van der Waals surface area contributed by atoms with E-state index in [1.807, 2.05) is 31.2 Å².